The van der Waals surface area contributed by atoms with Crippen molar-refractivity contribution < 1.29 is 31.9 Å². The second-order valence-electron chi connectivity index (χ2n) is 8.70. The molecule has 0 spiro atoms. The normalized spacial score (nSPS) is 16.6. The lowest BCUT2D eigenvalue weighted by atomic mass is 10.1. The standard InChI is InChI=1S/C26H27NO8S/c1-3-27(20-10-11-36(31,32)16-20)24(28)15-34-26(30)19-6-4-18(5-7-19)14-33-21-8-9-22-17(2)12-25(29)35-23(22)13-21/h4-9,12-13,20H,3,10-11,14-16H2,1-2H3/t20-/m1/s1. The number of hydrogen-bond donors (Lipinski definition) is 0. The fourth-order valence-corrected chi connectivity index (χ4v) is 5.98. The van der Waals surface area contributed by atoms with Gasteiger partial charge in [0.05, 0.1) is 17.1 Å². The highest BCUT2D eigenvalue weighted by atomic mass is 32.2. The summed E-state index contributed by atoms with van der Waals surface area (Å²) in [4.78, 5) is 38.0. The molecular formula is C26H27NO8S. The Labute approximate surface area is 208 Å². The number of esters is 1. The maximum Gasteiger partial charge on any atom is 0.338 e. The molecule has 1 atom stereocenters. The summed E-state index contributed by atoms with van der Waals surface area (Å²) in [6, 6.07) is 12.9. The summed E-state index contributed by atoms with van der Waals surface area (Å²) in [7, 11) is -3.13. The van der Waals surface area contributed by atoms with Crippen molar-refractivity contribution in [1.82, 2.24) is 4.90 Å². The summed E-state index contributed by atoms with van der Waals surface area (Å²) >= 11 is 0. The van der Waals surface area contributed by atoms with Crippen molar-refractivity contribution in [2.24, 2.45) is 0 Å². The fourth-order valence-electron chi connectivity index (χ4n) is 4.25. The molecule has 0 saturated carbocycles. The average Bonchev–Trinajstić information content (AvgIpc) is 3.20. The maximum absolute atomic E-state index is 12.5. The van der Waals surface area contributed by atoms with Gasteiger partial charge in [0.25, 0.3) is 5.91 Å². The molecule has 1 fully saturated rings. The first-order chi connectivity index (χ1) is 17.1. The van der Waals surface area contributed by atoms with Crippen LogP contribution in [0.25, 0.3) is 11.0 Å². The second kappa shape index (κ2) is 10.5. The summed E-state index contributed by atoms with van der Waals surface area (Å²) in [5.41, 5.74) is 1.93. The predicted molar refractivity (Wildman–Crippen MR) is 133 cm³/mol. The molecule has 1 aliphatic heterocycles. The molecule has 0 bridgehead atoms. The molecule has 3 aromatic rings. The molecule has 1 saturated heterocycles. The Hall–Kier alpha value is -3.66. The minimum atomic E-state index is -3.13. The molecular weight excluding hydrogens is 486 g/mol. The molecule has 1 aliphatic rings. The van der Waals surface area contributed by atoms with E-state index < -0.39 is 33.9 Å². The highest BCUT2D eigenvalue weighted by Crippen LogP contribution is 2.23. The summed E-state index contributed by atoms with van der Waals surface area (Å²) in [5.74, 6) is -0.523. The highest BCUT2D eigenvalue weighted by Gasteiger charge is 2.34. The molecule has 10 heteroatoms. The summed E-state index contributed by atoms with van der Waals surface area (Å²) in [5, 5.41) is 0.832. The van der Waals surface area contributed by atoms with Crippen molar-refractivity contribution in [3.8, 4) is 5.75 Å². The SMILES string of the molecule is CCN(C(=O)COC(=O)c1ccc(COc2ccc3c(C)cc(=O)oc3c2)cc1)[C@@H]1CCS(=O)(=O)C1. The van der Waals surface area contributed by atoms with E-state index in [1.165, 1.54) is 11.0 Å². The van der Waals surface area contributed by atoms with E-state index >= 15 is 0 Å². The Morgan fingerprint density at radius 1 is 1.11 bits per heavy atom. The van der Waals surface area contributed by atoms with E-state index in [-0.39, 0.29) is 29.7 Å². The van der Waals surface area contributed by atoms with Gasteiger partial charge < -0.3 is 18.8 Å². The zero-order valence-corrected chi connectivity index (χ0v) is 20.9. The fraction of sp³-hybridized carbons (Fsp3) is 0.346. The first-order valence-electron chi connectivity index (χ1n) is 11.6. The van der Waals surface area contributed by atoms with Gasteiger partial charge in [-0.3, -0.25) is 4.79 Å². The number of aryl methyl sites for hydroxylation is 1. The van der Waals surface area contributed by atoms with E-state index in [1.54, 1.807) is 43.3 Å². The van der Waals surface area contributed by atoms with Gasteiger partial charge in [-0.1, -0.05) is 12.1 Å². The van der Waals surface area contributed by atoms with Crippen molar-refractivity contribution in [1.29, 1.82) is 0 Å². The van der Waals surface area contributed by atoms with E-state index in [2.05, 4.69) is 0 Å². The lowest BCUT2D eigenvalue weighted by molar-refractivity contribution is -0.136. The summed E-state index contributed by atoms with van der Waals surface area (Å²) in [6.07, 6.45) is 0.396. The number of rotatable bonds is 8. The number of ether oxygens (including phenoxy) is 2. The van der Waals surface area contributed by atoms with Gasteiger partial charge in [-0.15, -0.1) is 0 Å². The minimum Gasteiger partial charge on any atom is -0.489 e. The Morgan fingerprint density at radius 2 is 1.86 bits per heavy atom. The molecule has 0 aliphatic carbocycles. The molecule has 1 amide bonds. The first kappa shape index (κ1) is 25.4. The van der Waals surface area contributed by atoms with Crippen LogP contribution in [0.3, 0.4) is 0 Å². The van der Waals surface area contributed by atoms with Crippen LogP contribution >= 0.6 is 0 Å². The van der Waals surface area contributed by atoms with Crippen LogP contribution in [0.15, 0.2) is 57.7 Å². The summed E-state index contributed by atoms with van der Waals surface area (Å²) in [6.45, 7) is 3.72. The number of carbonyl (C=O) groups is 2. The molecule has 1 aromatic heterocycles. The average molecular weight is 514 g/mol. The number of benzene rings is 2. The Morgan fingerprint density at radius 3 is 2.53 bits per heavy atom. The molecule has 9 nitrogen and oxygen atoms in total. The van der Waals surface area contributed by atoms with Crippen LogP contribution in [0.5, 0.6) is 5.75 Å². The van der Waals surface area contributed by atoms with E-state index in [1.807, 2.05) is 13.0 Å². The van der Waals surface area contributed by atoms with Crippen molar-refractivity contribution >= 4 is 32.7 Å². The van der Waals surface area contributed by atoms with Crippen molar-refractivity contribution in [3.05, 3.63) is 75.6 Å². The summed E-state index contributed by atoms with van der Waals surface area (Å²) < 4.78 is 39.6. The monoisotopic (exact) mass is 513 g/mol. The quantitative estimate of drug-likeness (QED) is 0.333. The third kappa shape index (κ3) is 5.93. The zero-order valence-electron chi connectivity index (χ0n) is 20.1. The molecule has 190 valence electrons. The Bertz CT molecular complexity index is 1440. The van der Waals surface area contributed by atoms with Gasteiger partial charge in [0.1, 0.15) is 17.9 Å². The molecule has 0 radical (unpaired) electrons. The van der Waals surface area contributed by atoms with E-state index in [4.69, 9.17) is 13.9 Å². The number of amides is 1. The number of fused-ring (bicyclic) bond motifs is 1. The van der Waals surface area contributed by atoms with Gasteiger partial charge >= 0.3 is 11.6 Å². The van der Waals surface area contributed by atoms with Gasteiger partial charge in [0, 0.05) is 30.1 Å². The zero-order chi connectivity index (χ0) is 25.9. The Kier molecular flexibility index (Phi) is 7.44. The molecule has 0 N–H and O–H groups in total. The van der Waals surface area contributed by atoms with E-state index in [0.29, 0.717) is 24.3 Å². The lowest BCUT2D eigenvalue weighted by Gasteiger charge is -2.26. The maximum atomic E-state index is 12.5. The number of likely N-dealkylation sites (N-methyl/N-ethyl adjacent to an activating group) is 1. The minimum absolute atomic E-state index is 0.0582. The topological polar surface area (TPSA) is 120 Å². The molecule has 2 heterocycles. The van der Waals surface area contributed by atoms with E-state index in [9.17, 15) is 22.8 Å². The van der Waals surface area contributed by atoms with Crippen LogP contribution < -0.4 is 10.4 Å². The van der Waals surface area contributed by atoms with Crippen LogP contribution in [0.1, 0.15) is 34.8 Å². The smallest absolute Gasteiger partial charge is 0.338 e. The van der Waals surface area contributed by atoms with Crippen LogP contribution in [-0.2, 0) is 26.0 Å². The second-order valence-corrected chi connectivity index (χ2v) is 10.9. The third-order valence-corrected chi connectivity index (χ3v) is 7.91. The van der Waals surface area contributed by atoms with Crippen molar-refractivity contribution in [2.45, 2.75) is 32.9 Å². The molecule has 2 aromatic carbocycles. The molecule has 36 heavy (non-hydrogen) atoms. The van der Waals surface area contributed by atoms with Crippen molar-refractivity contribution in [3.63, 3.8) is 0 Å². The van der Waals surface area contributed by atoms with Gasteiger partial charge in [-0.2, -0.15) is 0 Å². The van der Waals surface area contributed by atoms with Gasteiger partial charge in [0.15, 0.2) is 16.4 Å². The highest BCUT2D eigenvalue weighted by molar-refractivity contribution is 7.91. The number of hydrogen-bond acceptors (Lipinski definition) is 8. The van der Waals surface area contributed by atoms with Gasteiger partial charge in [0.2, 0.25) is 0 Å². The van der Waals surface area contributed by atoms with Crippen LogP contribution in [0.4, 0.5) is 0 Å². The lowest BCUT2D eigenvalue weighted by Crippen LogP contribution is -2.43. The van der Waals surface area contributed by atoms with Crippen LogP contribution in [0, 0.1) is 6.92 Å². The first-order valence-corrected chi connectivity index (χ1v) is 13.4. The third-order valence-electron chi connectivity index (χ3n) is 6.15. The molecule has 4 rings (SSSR count). The Balaban J connectivity index is 1.31. The number of carbonyl (C=O) groups excluding carboxylic acids is 2. The van der Waals surface area contributed by atoms with Crippen LogP contribution in [0.2, 0.25) is 0 Å². The number of nitrogens with zero attached hydrogens (tertiary/aromatic N) is 1. The largest absolute Gasteiger partial charge is 0.489 e. The van der Waals surface area contributed by atoms with Crippen LogP contribution in [-0.4, -0.2) is 55.9 Å². The predicted octanol–water partition coefficient (Wildman–Crippen LogP) is 2.87. The van der Waals surface area contributed by atoms with E-state index in [0.717, 1.165) is 16.5 Å². The molecule has 0 unspecified atom stereocenters. The number of sulfone groups is 1. The van der Waals surface area contributed by atoms with Gasteiger partial charge in [-0.05, 0) is 55.7 Å². The van der Waals surface area contributed by atoms with Gasteiger partial charge in [-0.25, -0.2) is 18.0 Å². The van der Waals surface area contributed by atoms with Crippen molar-refractivity contribution in [2.75, 3.05) is 24.7 Å².